The number of anilines is 1. The SMILES string of the molecule is CCCS(=O)(=O)Nc1nc2ccccc2nc1OC(c1cncc(F)c1)C(F)(F)F. The number of nitrogens with one attached hydrogen (secondary N) is 1. The minimum Gasteiger partial charge on any atom is -0.457 e. The van der Waals surface area contributed by atoms with Crippen LogP contribution in [0.15, 0.2) is 42.7 Å². The number of para-hydroxylation sites is 2. The first-order valence-corrected chi connectivity index (χ1v) is 10.4. The molecule has 1 aromatic carbocycles. The molecule has 0 saturated carbocycles. The van der Waals surface area contributed by atoms with Crippen molar-refractivity contribution in [3.8, 4) is 5.88 Å². The number of rotatable bonds is 7. The largest absolute Gasteiger partial charge is 0.457 e. The van der Waals surface area contributed by atoms with Crippen molar-refractivity contribution >= 4 is 26.9 Å². The van der Waals surface area contributed by atoms with E-state index in [-0.39, 0.29) is 23.2 Å². The van der Waals surface area contributed by atoms with Crippen LogP contribution in [0.5, 0.6) is 5.88 Å². The Hall–Kier alpha value is -3.02. The fourth-order valence-corrected chi connectivity index (χ4v) is 3.67. The molecule has 12 heteroatoms. The maximum Gasteiger partial charge on any atom is 0.429 e. The van der Waals surface area contributed by atoms with Crippen LogP contribution in [0.4, 0.5) is 23.4 Å². The molecule has 2 aromatic heterocycles. The molecule has 30 heavy (non-hydrogen) atoms. The van der Waals surface area contributed by atoms with Gasteiger partial charge in [0.25, 0.3) is 5.88 Å². The molecule has 2 heterocycles. The first kappa shape index (κ1) is 21.7. The monoisotopic (exact) mass is 444 g/mol. The minimum atomic E-state index is -4.97. The van der Waals surface area contributed by atoms with Crippen LogP contribution in [0.1, 0.15) is 25.0 Å². The molecule has 1 N–H and O–H groups in total. The van der Waals surface area contributed by atoms with Gasteiger partial charge in [-0.25, -0.2) is 22.8 Å². The number of pyridine rings is 1. The number of ether oxygens (including phenoxy) is 1. The molecule has 0 radical (unpaired) electrons. The topological polar surface area (TPSA) is 94.1 Å². The molecule has 3 aromatic rings. The molecule has 3 rings (SSSR count). The van der Waals surface area contributed by atoms with Gasteiger partial charge in [0.2, 0.25) is 21.9 Å². The summed E-state index contributed by atoms with van der Waals surface area (Å²) in [7, 11) is -3.90. The van der Waals surface area contributed by atoms with Crippen molar-refractivity contribution in [2.24, 2.45) is 0 Å². The van der Waals surface area contributed by atoms with E-state index in [1.165, 1.54) is 12.1 Å². The first-order valence-electron chi connectivity index (χ1n) is 8.70. The lowest BCUT2D eigenvalue weighted by atomic mass is 10.1. The van der Waals surface area contributed by atoms with Crippen LogP contribution >= 0.6 is 0 Å². The van der Waals surface area contributed by atoms with Crippen LogP contribution in [-0.4, -0.2) is 35.3 Å². The molecule has 1 unspecified atom stereocenters. The average molecular weight is 444 g/mol. The molecule has 160 valence electrons. The molecule has 0 fully saturated rings. The van der Waals surface area contributed by atoms with Crippen LogP contribution in [0.25, 0.3) is 11.0 Å². The van der Waals surface area contributed by atoms with Crippen LogP contribution in [0.2, 0.25) is 0 Å². The number of benzene rings is 1. The molecule has 7 nitrogen and oxygen atoms in total. The fourth-order valence-electron chi connectivity index (χ4n) is 2.61. The van der Waals surface area contributed by atoms with E-state index in [9.17, 15) is 26.0 Å². The molecular weight excluding hydrogens is 428 g/mol. The molecule has 0 aliphatic rings. The molecule has 1 atom stereocenters. The highest BCUT2D eigenvalue weighted by atomic mass is 32.2. The summed E-state index contributed by atoms with van der Waals surface area (Å²) in [5.74, 6) is -2.46. The quantitative estimate of drug-likeness (QED) is 0.554. The molecular formula is C18H16F4N4O3S. The maximum atomic E-state index is 13.7. The number of alkyl halides is 3. The fraction of sp³-hybridized carbons (Fsp3) is 0.278. The average Bonchev–Trinajstić information content (AvgIpc) is 2.64. The lowest BCUT2D eigenvalue weighted by Gasteiger charge is -2.22. The van der Waals surface area contributed by atoms with E-state index in [0.717, 1.165) is 12.4 Å². The van der Waals surface area contributed by atoms with E-state index in [1.54, 1.807) is 19.1 Å². The molecule has 0 spiro atoms. The van der Waals surface area contributed by atoms with E-state index in [2.05, 4.69) is 19.7 Å². The summed E-state index contributed by atoms with van der Waals surface area (Å²) in [6.07, 6.45) is -5.80. The van der Waals surface area contributed by atoms with Gasteiger partial charge < -0.3 is 4.74 Å². The van der Waals surface area contributed by atoms with Gasteiger partial charge in [0, 0.05) is 11.8 Å². The Morgan fingerprint density at radius 2 is 1.80 bits per heavy atom. The second kappa shape index (κ2) is 8.38. The third-order valence-corrected chi connectivity index (χ3v) is 5.27. The van der Waals surface area contributed by atoms with Crippen molar-refractivity contribution in [3.05, 3.63) is 54.1 Å². The third-order valence-electron chi connectivity index (χ3n) is 3.82. The molecule has 0 aliphatic heterocycles. The lowest BCUT2D eigenvalue weighted by Crippen LogP contribution is -2.27. The van der Waals surface area contributed by atoms with Gasteiger partial charge in [0.1, 0.15) is 5.82 Å². The Morgan fingerprint density at radius 3 is 2.40 bits per heavy atom. The number of nitrogens with zero attached hydrogens (tertiary/aromatic N) is 3. The highest BCUT2D eigenvalue weighted by molar-refractivity contribution is 7.92. The lowest BCUT2D eigenvalue weighted by molar-refractivity contribution is -0.198. The molecule has 0 saturated heterocycles. The summed E-state index contributed by atoms with van der Waals surface area (Å²) < 4.78 is 85.9. The predicted octanol–water partition coefficient (Wildman–Crippen LogP) is 4.00. The summed E-state index contributed by atoms with van der Waals surface area (Å²) in [5, 5.41) is 0. The number of hydrogen-bond donors (Lipinski definition) is 1. The maximum absolute atomic E-state index is 13.7. The summed E-state index contributed by atoms with van der Waals surface area (Å²) >= 11 is 0. The normalized spacial score (nSPS) is 13.2. The zero-order valence-corrected chi connectivity index (χ0v) is 16.3. The van der Waals surface area contributed by atoms with E-state index in [4.69, 9.17) is 4.74 Å². The number of aromatic nitrogens is 3. The van der Waals surface area contributed by atoms with E-state index < -0.39 is 45.4 Å². The highest BCUT2D eigenvalue weighted by Crippen LogP contribution is 2.38. The number of halogens is 4. The van der Waals surface area contributed by atoms with Crippen molar-refractivity contribution in [2.45, 2.75) is 25.6 Å². The Morgan fingerprint density at radius 1 is 1.13 bits per heavy atom. The Balaban J connectivity index is 2.10. The smallest absolute Gasteiger partial charge is 0.429 e. The minimum absolute atomic E-state index is 0.184. The zero-order chi connectivity index (χ0) is 21.9. The number of fused-ring (bicyclic) bond motifs is 1. The number of hydrogen-bond acceptors (Lipinski definition) is 6. The van der Waals surface area contributed by atoms with Gasteiger partial charge >= 0.3 is 6.18 Å². The molecule has 0 amide bonds. The first-order chi connectivity index (χ1) is 14.1. The van der Waals surface area contributed by atoms with Crippen molar-refractivity contribution in [1.82, 2.24) is 15.0 Å². The summed E-state index contributed by atoms with van der Waals surface area (Å²) in [4.78, 5) is 11.5. The van der Waals surface area contributed by atoms with Crippen LogP contribution < -0.4 is 9.46 Å². The zero-order valence-electron chi connectivity index (χ0n) is 15.5. The molecule has 0 aliphatic carbocycles. The van der Waals surface area contributed by atoms with Crippen molar-refractivity contribution < 1.29 is 30.7 Å². The molecule has 0 bridgehead atoms. The van der Waals surface area contributed by atoms with Gasteiger partial charge in [-0.05, 0) is 24.6 Å². The number of sulfonamides is 1. The third kappa shape index (κ3) is 5.12. The van der Waals surface area contributed by atoms with Crippen molar-refractivity contribution in [3.63, 3.8) is 0 Å². The van der Waals surface area contributed by atoms with Gasteiger partial charge in [0.15, 0.2) is 0 Å². The summed E-state index contributed by atoms with van der Waals surface area (Å²) in [6, 6.07) is 6.81. The van der Waals surface area contributed by atoms with E-state index >= 15 is 0 Å². The van der Waals surface area contributed by atoms with Crippen LogP contribution in [0.3, 0.4) is 0 Å². The standard InChI is InChI=1S/C18H16F4N4O3S/c1-2-7-30(27,28)26-16-17(25-14-6-4-3-5-13(14)24-16)29-15(18(20,21)22)11-8-12(19)10-23-9-11/h3-6,8-10,15H,2,7H2,1H3,(H,24,26). The summed E-state index contributed by atoms with van der Waals surface area (Å²) in [6.45, 7) is 1.62. The summed E-state index contributed by atoms with van der Waals surface area (Å²) in [5.41, 5.74) is -0.181. The van der Waals surface area contributed by atoms with Crippen molar-refractivity contribution in [1.29, 1.82) is 0 Å². The second-order valence-corrected chi connectivity index (χ2v) is 8.10. The van der Waals surface area contributed by atoms with Gasteiger partial charge in [-0.3, -0.25) is 9.71 Å². The van der Waals surface area contributed by atoms with Crippen LogP contribution in [-0.2, 0) is 10.0 Å². The highest BCUT2D eigenvalue weighted by Gasteiger charge is 2.44. The van der Waals surface area contributed by atoms with Gasteiger partial charge in [-0.15, -0.1) is 0 Å². The Bertz CT molecular complexity index is 1160. The Kier molecular flexibility index (Phi) is 6.06. The van der Waals surface area contributed by atoms with Crippen molar-refractivity contribution in [2.75, 3.05) is 10.5 Å². The van der Waals surface area contributed by atoms with E-state index in [1.807, 2.05) is 0 Å². The Labute approximate surface area is 169 Å². The van der Waals surface area contributed by atoms with Gasteiger partial charge in [-0.1, -0.05) is 19.1 Å². The van der Waals surface area contributed by atoms with Gasteiger partial charge in [0.05, 0.1) is 23.0 Å². The second-order valence-electron chi connectivity index (χ2n) is 6.26. The predicted molar refractivity (Wildman–Crippen MR) is 101 cm³/mol. The van der Waals surface area contributed by atoms with Gasteiger partial charge in [-0.2, -0.15) is 13.2 Å². The van der Waals surface area contributed by atoms with E-state index in [0.29, 0.717) is 6.07 Å². The van der Waals surface area contributed by atoms with Crippen LogP contribution in [0, 0.1) is 5.82 Å².